The van der Waals surface area contributed by atoms with Crippen molar-refractivity contribution in [2.24, 2.45) is 0 Å². The van der Waals surface area contributed by atoms with Gasteiger partial charge in [0.15, 0.2) is 0 Å². The van der Waals surface area contributed by atoms with Crippen molar-refractivity contribution in [3.8, 4) is 5.75 Å². The van der Waals surface area contributed by atoms with Crippen LogP contribution in [0.1, 0.15) is 63.6 Å². The molecule has 2 aromatic carbocycles. The number of hydrogen-bond donors (Lipinski definition) is 1. The maximum atomic E-state index is 9.58. The molecule has 0 spiro atoms. The van der Waals surface area contributed by atoms with Crippen LogP contribution in [0, 0.1) is 6.92 Å². The van der Waals surface area contributed by atoms with Crippen LogP contribution in [-0.2, 0) is 11.8 Å². The van der Waals surface area contributed by atoms with Crippen LogP contribution < -0.4 is 0 Å². The van der Waals surface area contributed by atoms with Gasteiger partial charge in [0, 0.05) is 0 Å². The minimum atomic E-state index is 0.0747. The largest absolute Gasteiger partial charge is 0.508 e. The van der Waals surface area contributed by atoms with E-state index in [9.17, 15) is 5.11 Å². The van der Waals surface area contributed by atoms with Crippen molar-refractivity contribution in [3.63, 3.8) is 0 Å². The summed E-state index contributed by atoms with van der Waals surface area (Å²) in [6, 6.07) is 16.2. The first-order chi connectivity index (χ1) is 10.9. The van der Waals surface area contributed by atoms with Crippen LogP contribution in [0.3, 0.4) is 0 Å². The first-order valence-corrected chi connectivity index (χ1v) is 8.75. The average molecular weight is 312 g/mol. The second-order valence-corrected chi connectivity index (χ2v) is 6.78. The second-order valence-electron chi connectivity index (χ2n) is 6.78. The Hall–Kier alpha value is -1.76. The summed E-state index contributed by atoms with van der Waals surface area (Å²) in [6.07, 6.45) is 4.87. The standard InChI is InChI=1S/C11H16O.C11H16/c1-4-11(2,3)9-7-5-6-8-10(9)12;1-3-4-8-11-9-6-5-7-10(11)2/h5-8,12H,4H2,1-3H3;5-7,9H,3-4,8H2,1-2H3. The number of phenolic OH excluding ortho intramolecular Hbond substituents is 1. The van der Waals surface area contributed by atoms with Gasteiger partial charge in [0.2, 0.25) is 0 Å². The van der Waals surface area contributed by atoms with E-state index in [2.05, 4.69) is 58.9 Å². The summed E-state index contributed by atoms with van der Waals surface area (Å²) in [5.74, 6) is 0.407. The van der Waals surface area contributed by atoms with E-state index in [0.717, 1.165) is 12.0 Å². The van der Waals surface area contributed by atoms with E-state index >= 15 is 0 Å². The molecule has 0 atom stereocenters. The molecule has 0 unspecified atom stereocenters. The molecule has 0 bridgehead atoms. The van der Waals surface area contributed by atoms with Crippen molar-refractivity contribution in [2.45, 2.75) is 65.7 Å². The number of para-hydroxylation sites is 1. The van der Waals surface area contributed by atoms with Gasteiger partial charge in [-0.25, -0.2) is 0 Å². The maximum Gasteiger partial charge on any atom is 0.119 e. The molecule has 0 saturated heterocycles. The minimum Gasteiger partial charge on any atom is -0.508 e. The molecule has 0 aliphatic rings. The van der Waals surface area contributed by atoms with Crippen LogP contribution in [0.2, 0.25) is 0 Å². The molecular weight excluding hydrogens is 280 g/mol. The first kappa shape index (κ1) is 19.3. The van der Waals surface area contributed by atoms with Crippen molar-refractivity contribution in [2.75, 3.05) is 0 Å². The predicted octanol–water partition coefficient (Wildman–Crippen LogP) is 6.42. The molecule has 1 heteroatoms. The zero-order valence-corrected chi connectivity index (χ0v) is 15.4. The second kappa shape index (κ2) is 9.39. The van der Waals surface area contributed by atoms with Gasteiger partial charge in [-0.3, -0.25) is 0 Å². The van der Waals surface area contributed by atoms with Crippen molar-refractivity contribution >= 4 is 0 Å². The Labute approximate surface area is 142 Å². The molecule has 23 heavy (non-hydrogen) atoms. The third-order valence-electron chi connectivity index (χ3n) is 4.58. The van der Waals surface area contributed by atoms with Gasteiger partial charge >= 0.3 is 0 Å². The predicted molar refractivity (Wildman–Crippen MR) is 101 cm³/mol. The fraction of sp³-hybridized carbons (Fsp3) is 0.455. The van der Waals surface area contributed by atoms with Gasteiger partial charge in [0.25, 0.3) is 0 Å². The Morgan fingerprint density at radius 3 is 2.09 bits per heavy atom. The third kappa shape index (κ3) is 6.09. The van der Waals surface area contributed by atoms with Crippen molar-refractivity contribution in [3.05, 3.63) is 65.2 Å². The maximum absolute atomic E-state index is 9.58. The molecule has 0 fully saturated rings. The summed E-state index contributed by atoms with van der Waals surface area (Å²) in [5, 5.41) is 9.58. The van der Waals surface area contributed by atoms with Crippen LogP contribution in [-0.4, -0.2) is 5.11 Å². The van der Waals surface area contributed by atoms with Gasteiger partial charge in [0.1, 0.15) is 5.75 Å². The molecule has 1 nitrogen and oxygen atoms in total. The normalized spacial score (nSPS) is 10.8. The van der Waals surface area contributed by atoms with Gasteiger partial charge in [-0.05, 0) is 54.4 Å². The van der Waals surface area contributed by atoms with Crippen molar-refractivity contribution in [1.29, 1.82) is 0 Å². The summed E-state index contributed by atoms with van der Waals surface area (Å²) in [5.41, 5.74) is 4.05. The van der Waals surface area contributed by atoms with Crippen LogP contribution in [0.15, 0.2) is 48.5 Å². The number of hydrogen-bond acceptors (Lipinski definition) is 1. The Morgan fingerprint density at radius 2 is 1.52 bits per heavy atom. The number of aryl methyl sites for hydroxylation is 2. The molecular formula is C22H32O. The monoisotopic (exact) mass is 312 g/mol. The molecule has 0 saturated carbocycles. The summed E-state index contributed by atoms with van der Waals surface area (Å²) in [4.78, 5) is 0. The summed E-state index contributed by atoms with van der Waals surface area (Å²) in [7, 11) is 0. The van der Waals surface area contributed by atoms with Gasteiger partial charge < -0.3 is 5.11 Å². The molecule has 0 radical (unpaired) electrons. The van der Waals surface area contributed by atoms with Crippen molar-refractivity contribution in [1.82, 2.24) is 0 Å². The number of unbranched alkanes of at least 4 members (excludes halogenated alkanes) is 1. The first-order valence-electron chi connectivity index (χ1n) is 8.75. The highest BCUT2D eigenvalue weighted by molar-refractivity contribution is 5.37. The molecule has 2 rings (SSSR count). The van der Waals surface area contributed by atoms with Gasteiger partial charge in [-0.1, -0.05) is 76.6 Å². The summed E-state index contributed by atoms with van der Waals surface area (Å²) < 4.78 is 0. The van der Waals surface area contributed by atoms with Crippen molar-refractivity contribution < 1.29 is 5.11 Å². The highest BCUT2D eigenvalue weighted by atomic mass is 16.3. The van der Waals surface area contributed by atoms with Gasteiger partial charge in [-0.2, -0.15) is 0 Å². The lowest BCUT2D eigenvalue weighted by atomic mass is 9.82. The zero-order chi connectivity index (χ0) is 17.3. The summed E-state index contributed by atoms with van der Waals surface area (Å²) >= 11 is 0. The number of aromatic hydroxyl groups is 1. The molecule has 0 aliphatic carbocycles. The van der Waals surface area contributed by atoms with Gasteiger partial charge in [-0.15, -0.1) is 0 Å². The highest BCUT2D eigenvalue weighted by Crippen LogP contribution is 2.32. The smallest absolute Gasteiger partial charge is 0.119 e. The van der Waals surface area contributed by atoms with Crippen LogP contribution in [0.5, 0.6) is 5.75 Å². The Balaban J connectivity index is 0.000000231. The zero-order valence-electron chi connectivity index (χ0n) is 15.4. The molecule has 1 N–H and O–H groups in total. The minimum absolute atomic E-state index is 0.0747. The lowest BCUT2D eigenvalue weighted by Gasteiger charge is -2.23. The third-order valence-corrected chi connectivity index (χ3v) is 4.58. The van der Waals surface area contributed by atoms with Gasteiger partial charge in [0.05, 0.1) is 0 Å². The Kier molecular flexibility index (Phi) is 7.88. The lowest BCUT2D eigenvalue weighted by molar-refractivity contribution is 0.429. The van der Waals surface area contributed by atoms with E-state index in [1.807, 2.05) is 18.2 Å². The van der Waals surface area contributed by atoms with Crippen LogP contribution >= 0.6 is 0 Å². The fourth-order valence-electron chi connectivity index (χ4n) is 2.49. The van der Waals surface area contributed by atoms with E-state index in [1.165, 1.54) is 30.4 Å². The Bertz CT molecular complexity index is 584. The van der Waals surface area contributed by atoms with E-state index in [1.54, 1.807) is 6.07 Å². The number of benzene rings is 2. The van der Waals surface area contributed by atoms with E-state index in [4.69, 9.17) is 0 Å². The molecule has 2 aromatic rings. The molecule has 0 amide bonds. The molecule has 0 heterocycles. The van der Waals surface area contributed by atoms with E-state index in [0.29, 0.717) is 5.75 Å². The number of rotatable bonds is 5. The fourth-order valence-corrected chi connectivity index (χ4v) is 2.49. The lowest BCUT2D eigenvalue weighted by Crippen LogP contribution is -2.15. The quantitative estimate of drug-likeness (QED) is 0.675. The Morgan fingerprint density at radius 1 is 0.913 bits per heavy atom. The van der Waals surface area contributed by atoms with Crippen LogP contribution in [0.4, 0.5) is 0 Å². The molecule has 0 aliphatic heterocycles. The topological polar surface area (TPSA) is 20.2 Å². The molecule has 0 aromatic heterocycles. The van der Waals surface area contributed by atoms with Crippen LogP contribution in [0.25, 0.3) is 0 Å². The van der Waals surface area contributed by atoms with E-state index in [-0.39, 0.29) is 5.41 Å². The highest BCUT2D eigenvalue weighted by Gasteiger charge is 2.20. The SMILES string of the molecule is CCC(C)(C)c1ccccc1O.CCCCc1ccccc1C. The average Bonchev–Trinajstić information content (AvgIpc) is 2.55. The summed E-state index contributed by atoms with van der Waals surface area (Å²) in [6.45, 7) is 10.8. The van der Waals surface area contributed by atoms with E-state index < -0.39 is 0 Å². The molecule has 126 valence electrons. The number of phenols is 1.